The molecule has 0 spiro atoms. The molecule has 2 rings (SSSR count). The van der Waals surface area contributed by atoms with Crippen LogP contribution in [0.1, 0.15) is 33.4 Å². The molecule has 21 heavy (non-hydrogen) atoms. The number of aromatic nitrogens is 4. The second-order valence-electron chi connectivity index (χ2n) is 5.86. The number of carbonyl (C=O) groups is 1. The first-order valence-corrected chi connectivity index (χ1v) is 6.75. The SMILES string of the molecule is CC(=O)NCCNc1nc(C(C)(C)C)cn2c(=O)[nH]nc12. The second-order valence-corrected chi connectivity index (χ2v) is 5.86. The predicted octanol–water partition coefficient (Wildman–Crippen LogP) is 0.263. The molecule has 0 aromatic carbocycles. The first-order chi connectivity index (χ1) is 9.79. The lowest BCUT2D eigenvalue weighted by molar-refractivity contribution is -0.118. The number of hydrogen-bond donors (Lipinski definition) is 3. The van der Waals surface area contributed by atoms with Gasteiger partial charge in [0.05, 0.1) is 5.69 Å². The summed E-state index contributed by atoms with van der Waals surface area (Å²) in [6, 6.07) is 0. The highest BCUT2D eigenvalue weighted by molar-refractivity contribution is 5.72. The van der Waals surface area contributed by atoms with E-state index < -0.39 is 0 Å². The minimum atomic E-state index is -0.303. The lowest BCUT2D eigenvalue weighted by atomic mass is 9.93. The Morgan fingerprint density at radius 1 is 1.38 bits per heavy atom. The average molecular weight is 292 g/mol. The van der Waals surface area contributed by atoms with E-state index in [4.69, 9.17) is 0 Å². The fourth-order valence-corrected chi connectivity index (χ4v) is 1.81. The van der Waals surface area contributed by atoms with Crippen LogP contribution in [0.5, 0.6) is 0 Å². The van der Waals surface area contributed by atoms with Crippen molar-refractivity contribution in [2.75, 3.05) is 18.4 Å². The van der Waals surface area contributed by atoms with Crippen LogP contribution in [0.15, 0.2) is 11.0 Å². The van der Waals surface area contributed by atoms with Gasteiger partial charge >= 0.3 is 5.69 Å². The van der Waals surface area contributed by atoms with Crippen molar-refractivity contribution in [2.24, 2.45) is 0 Å². The van der Waals surface area contributed by atoms with E-state index in [1.807, 2.05) is 20.8 Å². The van der Waals surface area contributed by atoms with E-state index in [2.05, 4.69) is 25.8 Å². The molecule has 3 N–H and O–H groups in total. The quantitative estimate of drug-likeness (QED) is 0.701. The minimum absolute atomic E-state index is 0.0886. The van der Waals surface area contributed by atoms with Crippen molar-refractivity contribution in [3.05, 3.63) is 22.4 Å². The van der Waals surface area contributed by atoms with Crippen LogP contribution in [0, 0.1) is 0 Å². The van der Waals surface area contributed by atoms with Gasteiger partial charge in [0.2, 0.25) is 11.6 Å². The van der Waals surface area contributed by atoms with E-state index in [9.17, 15) is 9.59 Å². The molecule has 2 heterocycles. The van der Waals surface area contributed by atoms with Crippen LogP contribution in [0.3, 0.4) is 0 Å². The van der Waals surface area contributed by atoms with Gasteiger partial charge in [0, 0.05) is 31.6 Å². The Labute approximate surface area is 122 Å². The summed E-state index contributed by atoms with van der Waals surface area (Å²) in [5, 5.41) is 12.2. The van der Waals surface area contributed by atoms with Crippen molar-refractivity contribution < 1.29 is 4.79 Å². The van der Waals surface area contributed by atoms with Gasteiger partial charge in [-0.25, -0.2) is 19.3 Å². The van der Waals surface area contributed by atoms with Gasteiger partial charge in [0.1, 0.15) is 0 Å². The lowest BCUT2D eigenvalue weighted by Gasteiger charge is -2.19. The third kappa shape index (κ3) is 3.39. The molecule has 2 aromatic heterocycles. The van der Waals surface area contributed by atoms with Gasteiger partial charge in [0.15, 0.2) is 5.82 Å². The molecular weight excluding hydrogens is 272 g/mol. The van der Waals surface area contributed by atoms with Crippen LogP contribution in [0.4, 0.5) is 5.82 Å². The highest BCUT2D eigenvalue weighted by Crippen LogP contribution is 2.22. The zero-order valence-corrected chi connectivity index (χ0v) is 12.6. The highest BCUT2D eigenvalue weighted by Gasteiger charge is 2.19. The van der Waals surface area contributed by atoms with Gasteiger partial charge in [-0.05, 0) is 0 Å². The molecule has 0 radical (unpaired) electrons. The zero-order chi connectivity index (χ0) is 15.6. The molecule has 0 aliphatic carbocycles. The standard InChI is InChI=1S/C13H20N6O2/c1-8(20)14-5-6-15-10-11-17-18-12(21)19(11)7-9(16-10)13(2,3)4/h7H,5-6H2,1-4H3,(H,14,20)(H,15,16)(H,18,21). The van der Waals surface area contributed by atoms with E-state index in [-0.39, 0.29) is 17.0 Å². The smallest absolute Gasteiger partial charge is 0.347 e. The lowest BCUT2D eigenvalue weighted by Crippen LogP contribution is -2.27. The molecule has 8 nitrogen and oxygen atoms in total. The van der Waals surface area contributed by atoms with Gasteiger partial charge in [-0.2, -0.15) is 0 Å². The monoisotopic (exact) mass is 292 g/mol. The van der Waals surface area contributed by atoms with Crippen molar-refractivity contribution >= 4 is 17.4 Å². The van der Waals surface area contributed by atoms with Crippen LogP contribution < -0.4 is 16.3 Å². The topological polar surface area (TPSA) is 104 Å². The number of aromatic amines is 1. The maximum atomic E-state index is 11.8. The van der Waals surface area contributed by atoms with Crippen molar-refractivity contribution in [3.8, 4) is 0 Å². The summed E-state index contributed by atoms with van der Waals surface area (Å²) in [6.45, 7) is 8.49. The van der Waals surface area contributed by atoms with Crippen LogP contribution in [0.25, 0.3) is 5.65 Å². The summed E-state index contributed by atoms with van der Waals surface area (Å²) in [6.07, 6.45) is 1.69. The Hall–Kier alpha value is -2.38. The fraction of sp³-hybridized carbons (Fsp3) is 0.538. The number of amides is 1. The first-order valence-electron chi connectivity index (χ1n) is 6.75. The van der Waals surface area contributed by atoms with Gasteiger partial charge in [-0.3, -0.25) is 4.79 Å². The Morgan fingerprint density at radius 2 is 2.10 bits per heavy atom. The molecular formula is C13H20N6O2. The van der Waals surface area contributed by atoms with Crippen LogP contribution in [-0.4, -0.2) is 38.6 Å². The van der Waals surface area contributed by atoms with E-state index in [0.29, 0.717) is 24.6 Å². The normalized spacial score (nSPS) is 11.6. The van der Waals surface area contributed by atoms with Crippen molar-refractivity contribution in [1.82, 2.24) is 24.9 Å². The van der Waals surface area contributed by atoms with E-state index in [1.165, 1.54) is 11.3 Å². The second kappa shape index (κ2) is 5.55. The molecule has 0 atom stereocenters. The maximum Gasteiger partial charge on any atom is 0.347 e. The zero-order valence-electron chi connectivity index (χ0n) is 12.6. The van der Waals surface area contributed by atoms with Gasteiger partial charge < -0.3 is 10.6 Å². The third-order valence-corrected chi connectivity index (χ3v) is 2.96. The highest BCUT2D eigenvalue weighted by atomic mass is 16.2. The molecule has 0 aliphatic heterocycles. The summed E-state index contributed by atoms with van der Waals surface area (Å²) in [5.41, 5.74) is 0.720. The summed E-state index contributed by atoms with van der Waals surface area (Å²) >= 11 is 0. The summed E-state index contributed by atoms with van der Waals surface area (Å²) in [4.78, 5) is 27.1. The molecule has 0 saturated heterocycles. The first kappa shape index (κ1) is 15.0. The van der Waals surface area contributed by atoms with Gasteiger partial charge in [-0.15, -0.1) is 5.10 Å². The molecule has 8 heteroatoms. The van der Waals surface area contributed by atoms with Gasteiger partial charge in [-0.1, -0.05) is 20.8 Å². The van der Waals surface area contributed by atoms with E-state index in [1.54, 1.807) is 6.20 Å². The van der Waals surface area contributed by atoms with Gasteiger partial charge in [0.25, 0.3) is 0 Å². The number of nitrogens with zero attached hydrogens (tertiary/aromatic N) is 3. The van der Waals surface area contributed by atoms with Crippen molar-refractivity contribution in [1.29, 1.82) is 0 Å². The number of hydrogen-bond acceptors (Lipinski definition) is 5. The average Bonchev–Trinajstić information content (AvgIpc) is 2.75. The molecule has 0 aliphatic rings. The molecule has 0 unspecified atom stereocenters. The third-order valence-electron chi connectivity index (χ3n) is 2.96. The molecule has 2 aromatic rings. The Balaban J connectivity index is 2.32. The van der Waals surface area contributed by atoms with Crippen LogP contribution in [0.2, 0.25) is 0 Å². The Morgan fingerprint density at radius 3 is 2.71 bits per heavy atom. The number of rotatable bonds is 4. The summed E-state index contributed by atoms with van der Waals surface area (Å²) < 4.78 is 1.44. The van der Waals surface area contributed by atoms with Crippen LogP contribution in [-0.2, 0) is 10.2 Å². The number of carbonyl (C=O) groups excluding carboxylic acids is 1. The number of H-pyrrole nitrogens is 1. The number of anilines is 1. The molecule has 114 valence electrons. The van der Waals surface area contributed by atoms with E-state index >= 15 is 0 Å². The predicted molar refractivity (Wildman–Crippen MR) is 79.5 cm³/mol. The van der Waals surface area contributed by atoms with Crippen molar-refractivity contribution in [3.63, 3.8) is 0 Å². The number of nitrogens with one attached hydrogen (secondary N) is 3. The molecule has 0 saturated carbocycles. The minimum Gasteiger partial charge on any atom is -0.365 e. The molecule has 0 fully saturated rings. The summed E-state index contributed by atoms with van der Waals surface area (Å²) in [5.74, 6) is 0.431. The molecule has 1 amide bonds. The Kier molecular flexibility index (Phi) is 3.97. The fourth-order valence-electron chi connectivity index (χ4n) is 1.81. The summed E-state index contributed by atoms with van der Waals surface area (Å²) in [7, 11) is 0. The van der Waals surface area contributed by atoms with E-state index in [0.717, 1.165) is 5.69 Å². The Bertz CT molecular complexity index is 710. The van der Waals surface area contributed by atoms with Crippen molar-refractivity contribution in [2.45, 2.75) is 33.1 Å². The van der Waals surface area contributed by atoms with Crippen LogP contribution >= 0.6 is 0 Å². The largest absolute Gasteiger partial charge is 0.365 e. The number of fused-ring (bicyclic) bond motifs is 1. The maximum absolute atomic E-state index is 11.8. The molecule has 0 bridgehead atoms.